The first-order valence-corrected chi connectivity index (χ1v) is 7.27. The van der Waals surface area contributed by atoms with Gasteiger partial charge >= 0.3 is 5.97 Å². The van der Waals surface area contributed by atoms with Crippen molar-refractivity contribution in [1.29, 1.82) is 0 Å². The van der Waals surface area contributed by atoms with Crippen LogP contribution in [0.3, 0.4) is 0 Å². The molecule has 2 N–H and O–H groups in total. The number of rotatable bonds is 6. The van der Waals surface area contributed by atoms with Crippen molar-refractivity contribution in [2.24, 2.45) is 0 Å². The molecule has 1 heterocycles. The summed E-state index contributed by atoms with van der Waals surface area (Å²) in [5.41, 5.74) is 0.00783. The predicted octanol–water partition coefficient (Wildman–Crippen LogP) is 1.78. The summed E-state index contributed by atoms with van der Waals surface area (Å²) in [5.74, 6) is -0.814. The lowest BCUT2D eigenvalue weighted by molar-refractivity contribution is -0.139. The third kappa shape index (κ3) is 4.35. The van der Waals surface area contributed by atoms with Crippen molar-refractivity contribution in [1.82, 2.24) is 5.32 Å². The Morgan fingerprint density at radius 2 is 2.27 bits per heavy atom. The van der Waals surface area contributed by atoms with Gasteiger partial charge in [-0.3, -0.25) is 9.59 Å². The summed E-state index contributed by atoms with van der Waals surface area (Å²) in [6, 6.07) is 5.11. The lowest BCUT2D eigenvalue weighted by Gasteiger charge is -2.26. The molecule has 0 radical (unpaired) electrons. The highest BCUT2D eigenvalue weighted by Gasteiger charge is 2.38. The number of amides is 1. The highest BCUT2D eigenvalue weighted by atomic mass is 35.5. The van der Waals surface area contributed by atoms with Crippen molar-refractivity contribution in [2.75, 3.05) is 19.8 Å². The highest BCUT2D eigenvalue weighted by Crippen LogP contribution is 2.23. The first-order chi connectivity index (χ1) is 10.4. The number of hydrogen-bond donors (Lipinski definition) is 2. The van der Waals surface area contributed by atoms with Crippen molar-refractivity contribution in [3.63, 3.8) is 0 Å². The first-order valence-electron chi connectivity index (χ1n) is 6.90. The van der Waals surface area contributed by atoms with E-state index in [1.807, 2.05) is 6.92 Å². The second-order valence-corrected chi connectivity index (χ2v) is 5.81. The quantitative estimate of drug-likeness (QED) is 0.832. The van der Waals surface area contributed by atoms with E-state index in [4.69, 9.17) is 26.2 Å². The molecule has 1 aromatic rings. The Labute approximate surface area is 133 Å². The fourth-order valence-electron chi connectivity index (χ4n) is 2.37. The van der Waals surface area contributed by atoms with Gasteiger partial charge in [-0.2, -0.15) is 0 Å². The number of halogens is 1. The van der Waals surface area contributed by atoms with E-state index in [2.05, 4.69) is 5.32 Å². The molecule has 1 aromatic carbocycles. The number of ether oxygens (including phenoxy) is 2. The Kier molecular flexibility index (Phi) is 5.26. The van der Waals surface area contributed by atoms with E-state index < -0.39 is 11.5 Å². The number of aryl methyl sites for hydroxylation is 1. The van der Waals surface area contributed by atoms with Gasteiger partial charge in [0.05, 0.1) is 18.6 Å². The van der Waals surface area contributed by atoms with Crippen LogP contribution in [-0.4, -0.2) is 42.3 Å². The van der Waals surface area contributed by atoms with E-state index in [1.165, 1.54) is 0 Å². The number of carbonyl (C=O) groups is 2. The minimum atomic E-state index is -0.972. The van der Waals surface area contributed by atoms with E-state index in [1.54, 1.807) is 18.2 Å². The van der Waals surface area contributed by atoms with Gasteiger partial charge in [-0.05, 0) is 37.1 Å². The molecule has 0 saturated carbocycles. The van der Waals surface area contributed by atoms with E-state index in [9.17, 15) is 9.59 Å². The number of carboxylic acids is 1. The standard InChI is InChI=1S/C15H18ClNO5/c1-10-6-11(2-3-12(10)16)22-8-13(18)17-15(7-14(19)20)4-5-21-9-15/h2-3,6H,4-5,7-9H2,1H3,(H,17,18)(H,19,20). The largest absolute Gasteiger partial charge is 0.484 e. The average molecular weight is 328 g/mol. The van der Waals surface area contributed by atoms with Crippen LogP contribution in [0.5, 0.6) is 5.75 Å². The maximum Gasteiger partial charge on any atom is 0.305 e. The van der Waals surface area contributed by atoms with Gasteiger partial charge in [-0.15, -0.1) is 0 Å². The van der Waals surface area contributed by atoms with Gasteiger partial charge < -0.3 is 19.9 Å². The van der Waals surface area contributed by atoms with Crippen LogP contribution >= 0.6 is 11.6 Å². The van der Waals surface area contributed by atoms with Crippen LogP contribution in [0.1, 0.15) is 18.4 Å². The second kappa shape index (κ2) is 6.98. The summed E-state index contributed by atoms with van der Waals surface area (Å²) in [4.78, 5) is 22.9. The Balaban J connectivity index is 1.91. The number of nitrogens with one attached hydrogen (secondary N) is 1. The molecule has 0 spiro atoms. The van der Waals surface area contributed by atoms with Gasteiger partial charge in [-0.25, -0.2) is 0 Å². The summed E-state index contributed by atoms with van der Waals surface area (Å²) >= 11 is 5.92. The maximum absolute atomic E-state index is 12.0. The van der Waals surface area contributed by atoms with Crippen LogP contribution in [0.25, 0.3) is 0 Å². The molecule has 7 heteroatoms. The lowest BCUT2D eigenvalue weighted by Crippen LogP contribution is -2.51. The Bertz CT molecular complexity index is 569. The van der Waals surface area contributed by atoms with Gasteiger partial charge in [0.1, 0.15) is 5.75 Å². The SMILES string of the molecule is Cc1cc(OCC(=O)NC2(CC(=O)O)CCOC2)ccc1Cl. The fraction of sp³-hybridized carbons (Fsp3) is 0.467. The van der Waals surface area contributed by atoms with E-state index in [-0.39, 0.29) is 25.5 Å². The molecule has 0 bridgehead atoms. The van der Waals surface area contributed by atoms with Crippen molar-refractivity contribution < 1.29 is 24.2 Å². The average Bonchev–Trinajstić information content (AvgIpc) is 2.87. The zero-order chi connectivity index (χ0) is 16.2. The van der Waals surface area contributed by atoms with E-state index >= 15 is 0 Å². The molecule has 0 aliphatic carbocycles. The molecular formula is C15H18ClNO5. The Hall–Kier alpha value is -1.79. The molecule has 22 heavy (non-hydrogen) atoms. The van der Waals surface area contributed by atoms with Gasteiger partial charge in [0.2, 0.25) is 0 Å². The summed E-state index contributed by atoms with van der Waals surface area (Å²) in [7, 11) is 0. The molecule has 1 unspecified atom stereocenters. The molecule has 6 nitrogen and oxygen atoms in total. The number of carbonyl (C=O) groups excluding carboxylic acids is 1. The van der Waals surface area contributed by atoms with Crippen molar-refractivity contribution in [3.8, 4) is 5.75 Å². The number of benzene rings is 1. The summed E-state index contributed by atoms with van der Waals surface area (Å²) in [5, 5.41) is 12.3. The summed E-state index contributed by atoms with van der Waals surface area (Å²) in [6.07, 6.45) is 0.309. The van der Waals surface area contributed by atoms with Crippen molar-refractivity contribution >= 4 is 23.5 Å². The normalized spacial score (nSPS) is 20.6. The molecule has 120 valence electrons. The van der Waals surface area contributed by atoms with E-state index in [0.717, 1.165) is 5.56 Å². The monoisotopic (exact) mass is 327 g/mol. The minimum absolute atomic E-state index is 0.168. The van der Waals surface area contributed by atoms with Gasteiger partial charge in [0.15, 0.2) is 6.61 Å². The zero-order valence-corrected chi connectivity index (χ0v) is 13.0. The van der Waals surface area contributed by atoms with Gasteiger partial charge in [0.25, 0.3) is 5.91 Å². The molecule has 1 saturated heterocycles. The van der Waals surface area contributed by atoms with Crippen LogP contribution in [0.4, 0.5) is 0 Å². The molecule has 1 atom stereocenters. The van der Waals surface area contributed by atoms with Crippen molar-refractivity contribution in [2.45, 2.75) is 25.3 Å². The third-order valence-corrected chi connectivity index (χ3v) is 3.92. The predicted molar refractivity (Wildman–Crippen MR) is 80.2 cm³/mol. The van der Waals surface area contributed by atoms with Crippen LogP contribution in [-0.2, 0) is 14.3 Å². The van der Waals surface area contributed by atoms with Gasteiger partial charge in [-0.1, -0.05) is 11.6 Å². The fourth-order valence-corrected chi connectivity index (χ4v) is 2.48. The zero-order valence-electron chi connectivity index (χ0n) is 12.2. The first kappa shape index (κ1) is 16.6. The topological polar surface area (TPSA) is 84.9 Å². The van der Waals surface area contributed by atoms with Gasteiger partial charge in [0, 0.05) is 11.6 Å². The number of aliphatic carboxylic acids is 1. The van der Waals surface area contributed by atoms with Crippen molar-refractivity contribution in [3.05, 3.63) is 28.8 Å². The van der Waals surface area contributed by atoms with E-state index in [0.29, 0.717) is 23.8 Å². The molecular weight excluding hydrogens is 310 g/mol. The Morgan fingerprint density at radius 3 is 2.86 bits per heavy atom. The molecule has 1 aliphatic rings. The second-order valence-electron chi connectivity index (χ2n) is 5.40. The molecule has 0 aromatic heterocycles. The third-order valence-electron chi connectivity index (χ3n) is 3.50. The maximum atomic E-state index is 12.0. The number of carboxylic acid groups (broad SMARTS) is 1. The molecule has 1 amide bonds. The highest BCUT2D eigenvalue weighted by molar-refractivity contribution is 6.31. The molecule has 1 fully saturated rings. The summed E-state index contributed by atoms with van der Waals surface area (Å²) in [6.45, 7) is 2.28. The Morgan fingerprint density at radius 1 is 1.50 bits per heavy atom. The van der Waals surface area contributed by atoms with Crippen LogP contribution in [0.2, 0.25) is 5.02 Å². The van der Waals surface area contributed by atoms with Crippen LogP contribution < -0.4 is 10.1 Å². The summed E-state index contributed by atoms with van der Waals surface area (Å²) < 4.78 is 10.6. The van der Waals surface area contributed by atoms with Crippen LogP contribution in [0, 0.1) is 6.92 Å². The van der Waals surface area contributed by atoms with Crippen LogP contribution in [0.15, 0.2) is 18.2 Å². The molecule has 1 aliphatic heterocycles. The minimum Gasteiger partial charge on any atom is -0.484 e. The smallest absolute Gasteiger partial charge is 0.305 e. The lowest BCUT2D eigenvalue weighted by atomic mass is 9.94. The molecule has 2 rings (SSSR count). The number of hydrogen-bond acceptors (Lipinski definition) is 4.